The number of halogens is 2. The van der Waals surface area contributed by atoms with Crippen molar-refractivity contribution in [2.24, 2.45) is 0 Å². The molecular formula is C17H15F2N5O3. The zero-order chi connectivity index (χ0) is 19.2. The number of hydrogen-bond acceptors (Lipinski definition) is 6. The maximum atomic E-state index is 12.1. The molecule has 1 aromatic heterocycles. The Kier molecular flexibility index (Phi) is 5.55. The predicted octanol–water partition coefficient (Wildman–Crippen LogP) is 2.59. The van der Waals surface area contributed by atoms with Gasteiger partial charge in [0.05, 0.1) is 7.11 Å². The van der Waals surface area contributed by atoms with E-state index in [1.54, 1.807) is 31.4 Å². The average Bonchev–Trinajstić information content (AvgIpc) is 3.11. The minimum atomic E-state index is -2.90. The fourth-order valence-electron chi connectivity index (χ4n) is 2.24. The summed E-state index contributed by atoms with van der Waals surface area (Å²) in [6.45, 7) is -3.06. The summed E-state index contributed by atoms with van der Waals surface area (Å²) < 4.78 is 33.6. The van der Waals surface area contributed by atoms with E-state index in [1.807, 2.05) is 0 Å². The molecule has 0 saturated heterocycles. The van der Waals surface area contributed by atoms with Gasteiger partial charge in [-0.2, -0.15) is 13.6 Å². The molecule has 0 saturated carbocycles. The van der Waals surface area contributed by atoms with Crippen LogP contribution >= 0.6 is 0 Å². The Balaban J connectivity index is 1.60. The molecule has 0 unspecified atom stereocenters. The Labute approximate surface area is 152 Å². The Hall–Kier alpha value is -3.56. The van der Waals surface area contributed by atoms with E-state index in [-0.39, 0.29) is 12.3 Å². The van der Waals surface area contributed by atoms with Gasteiger partial charge in [0.1, 0.15) is 18.0 Å². The van der Waals surface area contributed by atoms with Crippen LogP contribution < -0.4 is 14.8 Å². The first-order valence-corrected chi connectivity index (χ1v) is 7.80. The van der Waals surface area contributed by atoms with Gasteiger partial charge in [-0.3, -0.25) is 4.79 Å². The quantitative estimate of drug-likeness (QED) is 0.683. The van der Waals surface area contributed by atoms with E-state index in [2.05, 4.69) is 25.5 Å². The zero-order valence-corrected chi connectivity index (χ0v) is 14.2. The van der Waals surface area contributed by atoms with Crippen molar-refractivity contribution in [3.8, 4) is 22.9 Å². The number of hydrogen-bond donors (Lipinski definition) is 1. The van der Waals surface area contributed by atoms with Gasteiger partial charge in [-0.25, -0.2) is 0 Å². The van der Waals surface area contributed by atoms with Crippen molar-refractivity contribution >= 4 is 11.6 Å². The minimum absolute atomic E-state index is 0.00359. The van der Waals surface area contributed by atoms with E-state index >= 15 is 0 Å². The van der Waals surface area contributed by atoms with Gasteiger partial charge < -0.3 is 14.8 Å². The topological polar surface area (TPSA) is 91.2 Å². The molecule has 0 aliphatic carbocycles. The summed E-state index contributed by atoms with van der Waals surface area (Å²) in [6.07, 6.45) is 0. The van der Waals surface area contributed by atoms with E-state index in [1.165, 1.54) is 24.3 Å². The lowest BCUT2D eigenvalue weighted by atomic mass is 10.2. The fraction of sp³-hybridized carbons (Fsp3) is 0.176. The smallest absolute Gasteiger partial charge is 0.387 e. The van der Waals surface area contributed by atoms with Crippen LogP contribution in [0.15, 0.2) is 48.5 Å². The molecule has 27 heavy (non-hydrogen) atoms. The molecule has 0 atom stereocenters. The molecule has 3 rings (SSSR count). The molecule has 0 bridgehead atoms. The molecular weight excluding hydrogens is 360 g/mol. The van der Waals surface area contributed by atoms with Crippen LogP contribution in [0.4, 0.5) is 14.5 Å². The Morgan fingerprint density at radius 3 is 2.67 bits per heavy atom. The lowest BCUT2D eigenvalue weighted by molar-refractivity contribution is -0.117. The van der Waals surface area contributed by atoms with Crippen LogP contribution in [-0.2, 0) is 11.3 Å². The SMILES string of the molecule is COc1cccc(-c2nnn(CC(=O)Nc3ccc(OC(F)F)cc3)n2)c1. The normalized spacial score (nSPS) is 10.7. The highest BCUT2D eigenvalue weighted by atomic mass is 19.3. The van der Waals surface area contributed by atoms with Crippen molar-refractivity contribution in [1.29, 1.82) is 0 Å². The van der Waals surface area contributed by atoms with Gasteiger partial charge >= 0.3 is 6.61 Å². The van der Waals surface area contributed by atoms with Crippen molar-refractivity contribution in [3.63, 3.8) is 0 Å². The molecule has 3 aromatic rings. The summed E-state index contributed by atoms with van der Waals surface area (Å²) in [6, 6.07) is 12.7. The highest BCUT2D eigenvalue weighted by Gasteiger charge is 2.11. The minimum Gasteiger partial charge on any atom is -0.497 e. The molecule has 140 valence electrons. The summed E-state index contributed by atoms with van der Waals surface area (Å²) >= 11 is 0. The fourth-order valence-corrected chi connectivity index (χ4v) is 2.24. The van der Waals surface area contributed by atoms with Gasteiger partial charge in [-0.15, -0.1) is 10.2 Å². The van der Waals surface area contributed by atoms with Gasteiger partial charge in [0.2, 0.25) is 11.7 Å². The maximum absolute atomic E-state index is 12.1. The number of nitrogens with zero attached hydrogens (tertiary/aromatic N) is 4. The number of benzene rings is 2. The molecule has 0 aliphatic heterocycles. The number of tetrazole rings is 1. The highest BCUT2D eigenvalue weighted by Crippen LogP contribution is 2.20. The second kappa shape index (κ2) is 8.21. The first-order chi connectivity index (χ1) is 13.0. The maximum Gasteiger partial charge on any atom is 0.387 e. The number of amides is 1. The number of carbonyl (C=O) groups excluding carboxylic acids is 1. The summed E-state index contributed by atoms with van der Waals surface area (Å²) in [4.78, 5) is 13.2. The first kappa shape index (κ1) is 18.2. The molecule has 1 N–H and O–H groups in total. The van der Waals surface area contributed by atoms with Crippen LogP contribution in [0, 0.1) is 0 Å². The van der Waals surface area contributed by atoms with Crippen molar-refractivity contribution in [2.45, 2.75) is 13.2 Å². The molecule has 10 heteroatoms. The molecule has 0 radical (unpaired) electrons. The summed E-state index contributed by atoms with van der Waals surface area (Å²) in [5.74, 6) is 0.618. The molecule has 0 spiro atoms. The Bertz CT molecular complexity index is 915. The van der Waals surface area contributed by atoms with Crippen LogP contribution in [0.25, 0.3) is 11.4 Å². The largest absolute Gasteiger partial charge is 0.497 e. The van der Waals surface area contributed by atoms with E-state index in [0.717, 1.165) is 4.80 Å². The van der Waals surface area contributed by atoms with Crippen molar-refractivity contribution in [2.75, 3.05) is 12.4 Å². The second-order valence-electron chi connectivity index (χ2n) is 5.33. The summed E-state index contributed by atoms with van der Waals surface area (Å²) in [5.41, 5.74) is 1.13. The lowest BCUT2D eigenvalue weighted by Crippen LogP contribution is -2.20. The van der Waals surface area contributed by atoms with Crippen LogP contribution in [0.5, 0.6) is 11.5 Å². The Morgan fingerprint density at radius 1 is 1.19 bits per heavy atom. The van der Waals surface area contributed by atoms with Crippen LogP contribution in [-0.4, -0.2) is 39.8 Å². The number of ether oxygens (including phenoxy) is 2. The number of nitrogens with one attached hydrogen (secondary N) is 1. The van der Waals surface area contributed by atoms with Crippen LogP contribution in [0.1, 0.15) is 0 Å². The molecule has 2 aromatic carbocycles. The standard InChI is InChI=1S/C17H15F2N5O3/c1-26-14-4-2-3-11(9-14)16-21-23-24(22-16)10-15(25)20-12-5-7-13(8-6-12)27-17(18)19/h2-9,17H,10H2,1H3,(H,20,25). The van der Waals surface area contributed by atoms with Crippen LogP contribution in [0.2, 0.25) is 0 Å². The second-order valence-corrected chi connectivity index (χ2v) is 5.33. The van der Waals surface area contributed by atoms with Gasteiger partial charge in [-0.1, -0.05) is 12.1 Å². The number of anilines is 1. The predicted molar refractivity (Wildman–Crippen MR) is 91.5 cm³/mol. The van der Waals surface area contributed by atoms with Gasteiger partial charge in [0, 0.05) is 11.3 Å². The Morgan fingerprint density at radius 2 is 1.96 bits per heavy atom. The third-order valence-corrected chi connectivity index (χ3v) is 3.43. The zero-order valence-electron chi connectivity index (χ0n) is 14.2. The molecule has 1 amide bonds. The first-order valence-electron chi connectivity index (χ1n) is 7.80. The monoisotopic (exact) mass is 375 g/mol. The van der Waals surface area contributed by atoms with Crippen molar-refractivity contribution in [3.05, 3.63) is 48.5 Å². The van der Waals surface area contributed by atoms with E-state index < -0.39 is 12.5 Å². The van der Waals surface area contributed by atoms with E-state index in [9.17, 15) is 13.6 Å². The molecule has 1 heterocycles. The van der Waals surface area contributed by atoms with E-state index in [4.69, 9.17) is 4.74 Å². The number of methoxy groups -OCH3 is 1. The third-order valence-electron chi connectivity index (χ3n) is 3.43. The average molecular weight is 375 g/mol. The molecule has 0 aliphatic rings. The molecule has 0 fully saturated rings. The van der Waals surface area contributed by atoms with Gasteiger partial charge in [0.25, 0.3) is 0 Å². The number of alkyl halides is 2. The number of rotatable bonds is 7. The third kappa shape index (κ3) is 4.97. The van der Waals surface area contributed by atoms with E-state index in [0.29, 0.717) is 22.8 Å². The van der Waals surface area contributed by atoms with Crippen molar-refractivity contribution in [1.82, 2.24) is 20.2 Å². The van der Waals surface area contributed by atoms with Crippen molar-refractivity contribution < 1.29 is 23.0 Å². The summed E-state index contributed by atoms with van der Waals surface area (Å²) in [7, 11) is 1.56. The number of aromatic nitrogens is 4. The summed E-state index contributed by atoms with van der Waals surface area (Å²) in [5, 5.41) is 14.5. The van der Waals surface area contributed by atoms with Gasteiger partial charge in [0.15, 0.2) is 0 Å². The number of carbonyl (C=O) groups is 1. The lowest BCUT2D eigenvalue weighted by Gasteiger charge is -2.07. The van der Waals surface area contributed by atoms with Gasteiger partial charge in [-0.05, 0) is 41.6 Å². The highest BCUT2D eigenvalue weighted by molar-refractivity contribution is 5.90. The molecule has 8 nitrogen and oxygen atoms in total. The van der Waals surface area contributed by atoms with Crippen LogP contribution in [0.3, 0.4) is 0 Å².